The molecule has 0 amide bonds. The number of halogens is 3. The first-order valence-corrected chi connectivity index (χ1v) is 3.54. The van der Waals surface area contributed by atoms with Gasteiger partial charge in [-0.1, -0.05) is 0 Å². The zero-order chi connectivity index (χ0) is 7.62. The Kier molecular flexibility index (Phi) is 1.57. The molecular weight excluding hydrogens is 172 g/mol. The quantitative estimate of drug-likeness (QED) is 0.661. The van der Waals surface area contributed by atoms with Gasteiger partial charge in [-0.15, -0.1) is 12.4 Å². The van der Waals surface area contributed by atoms with Gasteiger partial charge in [0.2, 0.25) is 0 Å². The van der Waals surface area contributed by atoms with Gasteiger partial charge in [-0.3, -0.25) is 0 Å². The molecular formula is C7H12ClF2N. The average Bonchev–Trinajstić information content (AvgIpc) is 1.51. The van der Waals surface area contributed by atoms with Crippen molar-refractivity contribution in [2.45, 2.75) is 37.6 Å². The molecule has 0 aromatic heterocycles. The van der Waals surface area contributed by atoms with Crippen LogP contribution >= 0.6 is 12.4 Å². The minimum atomic E-state index is -2.51. The largest absolute Gasteiger partial charge is 0.325 e. The summed E-state index contributed by atoms with van der Waals surface area (Å²) in [6.45, 7) is 1.01. The average molecular weight is 184 g/mol. The van der Waals surface area contributed by atoms with Crippen molar-refractivity contribution in [3.8, 4) is 0 Å². The summed E-state index contributed by atoms with van der Waals surface area (Å²) in [5.74, 6) is -2.51. The third-order valence-electron chi connectivity index (χ3n) is 3.00. The maximum atomic E-state index is 12.7. The second-order valence-electron chi connectivity index (χ2n) is 4.06. The second-order valence-corrected chi connectivity index (χ2v) is 4.06. The van der Waals surface area contributed by atoms with Gasteiger partial charge in [0.25, 0.3) is 5.92 Å². The van der Waals surface area contributed by atoms with E-state index in [1.807, 2.05) is 0 Å². The number of rotatable bonds is 1. The number of nitrogens with two attached hydrogens (primary N) is 1. The first-order valence-electron chi connectivity index (χ1n) is 3.54. The molecule has 66 valence electrons. The predicted octanol–water partition coefficient (Wildman–Crippen LogP) is 1.94. The summed E-state index contributed by atoms with van der Waals surface area (Å²) in [6, 6.07) is 0. The molecule has 3 fully saturated rings. The maximum Gasteiger partial charge on any atom is 0.251 e. The summed E-state index contributed by atoms with van der Waals surface area (Å²) in [5, 5.41) is 0. The molecule has 4 heteroatoms. The van der Waals surface area contributed by atoms with Crippen LogP contribution in [-0.2, 0) is 0 Å². The molecule has 2 bridgehead atoms. The maximum absolute atomic E-state index is 12.7. The molecule has 0 radical (unpaired) electrons. The van der Waals surface area contributed by atoms with Crippen molar-refractivity contribution in [2.75, 3.05) is 0 Å². The molecule has 3 aliphatic rings. The molecule has 1 nitrogen and oxygen atoms in total. The van der Waals surface area contributed by atoms with Crippen molar-refractivity contribution >= 4 is 12.4 Å². The Morgan fingerprint density at radius 1 is 1.27 bits per heavy atom. The molecule has 0 spiro atoms. The minimum absolute atomic E-state index is 0. The van der Waals surface area contributed by atoms with Crippen LogP contribution in [0.3, 0.4) is 0 Å². The fourth-order valence-electron chi connectivity index (χ4n) is 2.33. The van der Waals surface area contributed by atoms with Crippen LogP contribution < -0.4 is 5.73 Å². The highest BCUT2D eigenvalue weighted by atomic mass is 35.5. The standard InChI is InChI=1S/C7H11F2N.ClH/c1-5(8,9)6-2-7(10,3-6)4-6;/h2-4,10H2,1H3;1H. The Hall–Kier alpha value is 0.110. The lowest BCUT2D eigenvalue weighted by molar-refractivity contribution is -0.266. The van der Waals surface area contributed by atoms with E-state index in [1.54, 1.807) is 0 Å². The molecule has 0 saturated heterocycles. The predicted molar refractivity (Wildman–Crippen MR) is 41.1 cm³/mol. The SMILES string of the molecule is CC(F)(F)C12CC(N)(C1)C2.Cl. The third kappa shape index (κ3) is 0.905. The van der Waals surface area contributed by atoms with E-state index in [0.29, 0.717) is 19.3 Å². The van der Waals surface area contributed by atoms with Gasteiger partial charge in [-0.25, -0.2) is 8.78 Å². The Morgan fingerprint density at radius 2 is 1.64 bits per heavy atom. The summed E-state index contributed by atoms with van der Waals surface area (Å²) in [7, 11) is 0. The Morgan fingerprint density at radius 3 is 1.73 bits per heavy atom. The molecule has 0 unspecified atom stereocenters. The number of hydrogen-bond acceptors (Lipinski definition) is 1. The van der Waals surface area contributed by atoms with Gasteiger partial charge in [-0.2, -0.15) is 0 Å². The topological polar surface area (TPSA) is 26.0 Å². The Balaban J connectivity index is 0.000000605. The van der Waals surface area contributed by atoms with E-state index in [-0.39, 0.29) is 17.9 Å². The van der Waals surface area contributed by atoms with Crippen LogP contribution in [0.4, 0.5) is 8.78 Å². The lowest BCUT2D eigenvalue weighted by Crippen LogP contribution is -2.77. The van der Waals surface area contributed by atoms with Crippen molar-refractivity contribution in [3.05, 3.63) is 0 Å². The lowest BCUT2D eigenvalue weighted by atomic mass is 9.38. The Labute approximate surface area is 70.7 Å². The van der Waals surface area contributed by atoms with Crippen LogP contribution in [0.25, 0.3) is 0 Å². The van der Waals surface area contributed by atoms with Gasteiger partial charge in [0.1, 0.15) is 0 Å². The van der Waals surface area contributed by atoms with Gasteiger partial charge in [0, 0.05) is 11.0 Å². The van der Waals surface area contributed by atoms with E-state index < -0.39 is 11.3 Å². The van der Waals surface area contributed by atoms with Gasteiger partial charge >= 0.3 is 0 Å². The summed E-state index contributed by atoms with van der Waals surface area (Å²) >= 11 is 0. The number of alkyl halides is 2. The van der Waals surface area contributed by atoms with E-state index >= 15 is 0 Å². The fraction of sp³-hybridized carbons (Fsp3) is 1.00. The van der Waals surface area contributed by atoms with Crippen LogP contribution in [0.2, 0.25) is 0 Å². The molecule has 3 rings (SSSR count). The normalized spacial score (nSPS) is 46.9. The van der Waals surface area contributed by atoms with Crippen molar-refractivity contribution in [1.82, 2.24) is 0 Å². The van der Waals surface area contributed by atoms with Crippen LogP contribution in [0.1, 0.15) is 26.2 Å². The summed E-state index contributed by atoms with van der Waals surface area (Å²) in [6.07, 6.45) is 1.59. The van der Waals surface area contributed by atoms with Crippen LogP contribution in [0, 0.1) is 5.41 Å². The second kappa shape index (κ2) is 1.88. The molecule has 11 heavy (non-hydrogen) atoms. The first kappa shape index (κ1) is 9.20. The fourth-order valence-corrected chi connectivity index (χ4v) is 2.33. The zero-order valence-corrected chi connectivity index (χ0v) is 7.18. The molecule has 0 heterocycles. The lowest BCUT2D eigenvalue weighted by Gasteiger charge is -2.70. The van der Waals surface area contributed by atoms with Crippen molar-refractivity contribution < 1.29 is 8.78 Å². The van der Waals surface area contributed by atoms with Crippen molar-refractivity contribution in [2.24, 2.45) is 11.1 Å². The van der Waals surface area contributed by atoms with Crippen LogP contribution in [-0.4, -0.2) is 11.5 Å². The molecule has 2 N–H and O–H groups in total. The van der Waals surface area contributed by atoms with E-state index in [2.05, 4.69) is 0 Å². The number of hydrogen-bond donors (Lipinski definition) is 1. The molecule has 0 aliphatic heterocycles. The van der Waals surface area contributed by atoms with E-state index in [4.69, 9.17) is 5.73 Å². The van der Waals surface area contributed by atoms with Crippen molar-refractivity contribution in [3.63, 3.8) is 0 Å². The zero-order valence-electron chi connectivity index (χ0n) is 6.36. The van der Waals surface area contributed by atoms with E-state index in [0.717, 1.165) is 6.92 Å². The third-order valence-corrected chi connectivity index (χ3v) is 3.00. The highest BCUT2D eigenvalue weighted by molar-refractivity contribution is 5.85. The monoisotopic (exact) mass is 183 g/mol. The summed E-state index contributed by atoms with van der Waals surface area (Å²) < 4.78 is 25.4. The van der Waals surface area contributed by atoms with E-state index in [9.17, 15) is 8.78 Å². The molecule has 3 saturated carbocycles. The summed E-state index contributed by atoms with van der Waals surface area (Å²) in [5.41, 5.74) is 4.75. The van der Waals surface area contributed by atoms with Crippen molar-refractivity contribution in [1.29, 1.82) is 0 Å². The molecule has 0 atom stereocenters. The van der Waals surface area contributed by atoms with E-state index in [1.165, 1.54) is 0 Å². The molecule has 3 aliphatic carbocycles. The van der Waals surface area contributed by atoms with Gasteiger partial charge < -0.3 is 5.73 Å². The Bertz CT molecular complexity index is 168. The molecule has 0 aromatic rings. The highest BCUT2D eigenvalue weighted by Crippen LogP contribution is 2.71. The smallest absolute Gasteiger partial charge is 0.251 e. The van der Waals surface area contributed by atoms with Crippen LogP contribution in [0.15, 0.2) is 0 Å². The molecule has 0 aromatic carbocycles. The van der Waals surface area contributed by atoms with Crippen LogP contribution in [0.5, 0.6) is 0 Å². The highest BCUT2D eigenvalue weighted by Gasteiger charge is 2.74. The van der Waals surface area contributed by atoms with Gasteiger partial charge in [-0.05, 0) is 26.2 Å². The van der Waals surface area contributed by atoms with Gasteiger partial charge in [0.05, 0.1) is 0 Å². The minimum Gasteiger partial charge on any atom is -0.325 e. The first-order chi connectivity index (χ1) is 4.37. The summed E-state index contributed by atoms with van der Waals surface area (Å²) in [4.78, 5) is 0. The van der Waals surface area contributed by atoms with Gasteiger partial charge in [0.15, 0.2) is 0 Å².